The summed E-state index contributed by atoms with van der Waals surface area (Å²) in [5.41, 5.74) is 0.227. The molecule has 3 heteroatoms. The third kappa shape index (κ3) is 1.97. The number of amides is 1. The standard InChI is InChI=1S/C9H17NO2/c1-7(11)8(12)10-5-4-9(2,3)6-10/h7,11H,4-6H2,1-3H3/t7-/m1/s1. The predicted molar refractivity (Wildman–Crippen MR) is 46.7 cm³/mol. The van der Waals surface area contributed by atoms with Crippen LogP contribution in [0.2, 0.25) is 0 Å². The van der Waals surface area contributed by atoms with Crippen LogP contribution in [-0.4, -0.2) is 35.1 Å². The van der Waals surface area contributed by atoms with E-state index in [1.54, 1.807) is 4.90 Å². The molecule has 1 atom stereocenters. The van der Waals surface area contributed by atoms with E-state index in [1.165, 1.54) is 6.92 Å². The first-order valence-corrected chi connectivity index (χ1v) is 4.39. The lowest BCUT2D eigenvalue weighted by atomic mass is 9.93. The van der Waals surface area contributed by atoms with E-state index >= 15 is 0 Å². The highest BCUT2D eigenvalue weighted by Gasteiger charge is 2.33. The third-order valence-corrected chi connectivity index (χ3v) is 2.35. The molecular weight excluding hydrogens is 154 g/mol. The van der Waals surface area contributed by atoms with Crippen LogP contribution >= 0.6 is 0 Å². The zero-order chi connectivity index (χ0) is 9.35. The minimum absolute atomic E-state index is 0.138. The highest BCUT2D eigenvalue weighted by Crippen LogP contribution is 2.28. The Morgan fingerprint density at radius 1 is 1.58 bits per heavy atom. The number of carbonyl (C=O) groups is 1. The number of hydrogen-bond acceptors (Lipinski definition) is 2. The predicted octanol–water partition coefficient (Wildman–Crippen LogP) is 0.626. The number of aliphatic hydroxyl groups excluding tert-OH is 1. The van der Waals surface area contributed by atoms with Crippen LogP contribution in [0.3, 0.4) is 0 Å². The van der Waals surface area contributed by atoms with Gasteiger partial charge >= 0.3 is 0 Å². The fourth-order valence-electron chi connectivity index (χ4n) is 1.56. The van der Waals surface area contributed by atoms with Crippen LogP contribution in [0.25, 0.3) is 0 Å². The fraction of sp³-hybridized carbons (Fsp3) is 0.889. The maximum Gasteiger partial charge on any atom is 0.251 e. The van der Waals surface area contributed by atoms with Crippen molar-refractivity contribution in [3.05, 3.63) is 0 Å². The average Bonchev–Trinajstić information content (AvgIpc) is 2.28. The largest absolute Gasteiger partial charge is 0.384 e. The van der Waals surface area contributed by atoms with Gasteiger partial charge in [0.2, 0.25) is 0 Å². The number of carbonyl (C=O) groups excluding carboxylic acids is 1. The molecule has 0 aromatic carbocycles. The van der Waals surface area contributed by atoms with Gasteiger partial charge in [0.25, 0.3) is 5.91 Å². The van der Waals surface area contributed by atoms with Crippen molar-refractivity contribution in [3.8, 4) is 0 Å². The number of hydrogen-bond donors (Lipinski definition) is 1. The molecule has 0 radical (unpaired) electrons. The lowest BCUT2D eigenvalue weighted by Crippen LogP contribution is -2.36. The summed E-state index contributed by atoms with van der Waals surface area (Å²) in [6, 6.07) is 0. The van der Waals surface area contributed by atoms with Crippen LogP contribution < -0.4 is 0 Å². The maximum atomic E-state index is 11.3. The van der Waals surface area contributed by atoms with Crippen LogP contribution in [0.1, 0.15) is 27.2 Å². The van der Waals surface area contributed by atoms with Gasteiger partial charge in [0, 0.05) is 13.1 Å². The Morgan fingerprint density at radius 2 is 2.17 bits per heavy atom. The molecule has 1 aliphatic heterocycles. The van der Waals surface area contributed by atoms with Gasteiger partial charge in [-0.3, -0.25) is 4.79 Å². The molecule has 1 heterocycles. The first-order valence-electron chi connectivity index (χ1n) is 4.39. The molecular formula is C9H17NO2. The van der Waals surface area contributed by atoms with E-state index in [1.807, 2.05) is 0 Å². The Kier molecular flexibility index (Phi) is 2.42. The van der Waals surface area contributed by atoms with Crippen molar-refractivity contribution in [2.45, 2.75) is 33.3 Å². The molecule has 1 amide bonds. The van der Waals surface area contributed by atoms with Gasteiger partial charge in [-0.25, -0.2) is 0 Å². The van der Waals surface area contributed by atoms with Crippen LogP contribution in [0.4, 0.5) is 0 Å². The monoisotopic (exact) mass is 171 g/mol. The van der Waals surface area contributed by atoms with Crippen molar-refractivity contribution in [2.24, 2.45) is 5.41 Å². The minimum Gasteiger partial charge on any atom is -0.384 e. The summed E-state index contributed by atoms with van der Waals surface area (Å²) in [5, 5.41) is 9.06. The van der Waals surface area contributed by atoms with E-state index in [2.05, 4.69) is 13.8 Å². The van der Waals surface area contributed by atoms with Crippen molar-refractivity contribution in [1.82, 2.24) is 4.90 Å². The number of nitrogens with zero attached hydrogens (tertiary/aromatic N) is 1. The Bertz CT molecular complexity index is 187. The minimum atomic E-state index is -0.848. The zero-order valence-electron chi connectivity index (χ0n) is 8.00. The average molecular weight is 171 g/mol. The van der Waals surface area contributed by atoms with Gasteiger partial charge in [-0.1, -0.05) is 13.8 Å². The summed E-state index contributed by atoms with van der Waals surface area (Å²) in [5.74, 6) is -0.138. The van der Waals surface area contributed by atoms with E-state index < -0.39 is 6.10 Å². The molecule has 0 unspecified atom stereocenters. The maximum absolute atomic E-state index is 11.3. The first-order chi connectivity index (χ1) is 5.42. The molecule has 1 aliphatic rings. The summed E-state index contributed by atoms with van der Waals surface area (Å²) in [7, 11) is 0. The summed E-state index contributed by atoms with van der Waals surface area (Å²) in [6.45, 7) is 7.37. The second-order valence-electron chi connectivity index (χ2n) is 4.35. The first kappa shape index (κ1) is 9.52. The molecule has 70 valence electrons. The van der Waals surface area contributed by atoms with Gasteiger partial charge in [0.1, 0.15) is 6.10 Å². The molecule has 1 N–H and O–H groups in total. The van der Waals surface area contributed by atoms with Crippen LogP contribution in [-0.2, 0) is 4.79 Å². The quantitative estimate of drug-likeness (QED) is 0.628. The lowest BCUT2D eigenvalue weighted by molar-refractivity contribution is -0.138. The molecule has 0 saturated carbocycles. The van der Waals surface area contributed by atoms with Crippen LogP contribution in [0.15, 0.2) is 0 Å². The van der Waals surface area contributed by atoms with Gasteiger partial charge < -0.3 is 10.0 Å². The highest BCUT2D eigenvalue weighted by atomic mass is 16.3. The van der Waals surface area contributed by atoms with Crippen molar-refractivity contribution in [2.75, 3.05) is 13.1 Å². The van der Waals surface area contributed by atoms with Gasteiger partial charge in [0.15, 0.2) is 0 Å². The Morgan fingerprint density at radius 3 is 2.50 bits per heavy atom. The smallest absolute Gasteiger partial charge is 0.251 e. The Hall–Kier alpha value is -0.570. The van der Waals surface area contributed by atoms with Crippen LogP contribution in [0.5, 0.6) is 0 Å². The summed E-state index contributed by atoms with van der Waals surface area (Å²) in [4.78, 5) is 13.0. The molecule has 0 spiro atoms. The van der Waals surface area contributed by atoms with E-state index in [9.17, 15) is 4.79 Å². The van der Waals surface area contributed by atoms with Crippen molar-refractivity contribution < 1.29 is 9.90 Å². The van der Waals surface area contributed by atoms with Gasteiger partial charge in [-0.2, -0.15) is 0 Å². The molecule has 0 aromatic heterocycles. The number of rotatable bonds is 1. The van der Waals surface area contributed by atoms with E-state index in [0.717, 1.165) is 19.5 Å². The molecule has 1 saturated heterocycles. The summed E-state index contributed by atoms with van der Waals surface area (Å²) >= 11 is 0. The second-order valence-corrected chi connectivity index (χ2v) is 4.35. The third-order valence-electron chi connectivity index (χ3n) is 2.35. The van der Waals surface area contributed by atoms with Crippen molar-refractivity contribution in [3.63, 3.8) is 0 Å². The SMILES string of the molecule is C[C@@H](O)C(=O)N1CCC(C)(C)C1. The molecule has 12 heavy (non-hydrogen) atoms. The normalized spacial score (nSPS) is 24.2. The molecule has 0 aliphatic carbocycles. The van der Waals surface area contributed by atoms with E-state index in [-0.39, 0.29) is 11.3 Å². The number of likely N-dealkylation sites (tertiary alicyclic amines) is 1. The van der Waals surface area contributed by atoms with Crippen molar-refractivity contribution >= 4 is 5.91 Å². The Balaban J connectivity index is 2.53. The topological polar surface area (TPSA) is 40.5 Å². The summed E-state index contributed by atoms with van der Waals surface area (Å²) in [6.07, 6.45) is 0.185. The van der Waals surface area contributed by atoms with E-state index in [0.29, 0.717) is 0 Å². The number of aliphatic hydroxyl groups is 1. The molecule has 0 aromatic rings. The highest BCUT2D eigenvalue weighted by molar-refractivity contribution is 5.80. The summed E-state index contributed by atoms with van der Waals surface area (Å²) < 4.78 is 0. The van der Waals surface area contributed by atoms with Crippen LogP contribution in [0, 0.1) is 5.41 Å². The molecule has 3 nitrogen and oxygen atoms in total. The second kappa shape index (κ2) is 3.05. The lowest BCUT2D eigenvalue weighted by Gasteiger charge is -2.20. The molecule has 1 fully saturated rings. The zero-order valence-corrected chi connectivity index (χ0v) is 8.00. The molecule has 1 rings (SSSR count). The fourth-order valence-corrected chi connectivity index (χ4v) is 1.56. The van der Waals surface area contributed by atoms with Gasteiger partial charge in [0.05, 0.1) is 0 Å². The van der Waals surface area contributed by atoms with Gasteiger partial charge in [-0.05, 0) is 18.8 Å². The van der Waals surface area contributed by atoms with Gasteiger partial charge in [-0.15, -0.1) is 0 Å². The Labute approximate surface area is 73.4 Å². The van der Waals surface area contributed by atoms with E-state index in [4.69, 9.17) is 5.11 Å². The molecule has 0 bridgehead atoms. The van der Waals surface area contributed by atoms with Crippen molar-refractivity contribution in [1.29, 1.82) is 0 Å².